The van der Waals surface area contributed by atoms with Crippen LogP contribution in [0.25, 0.3) is 5.52 Å². The number of hydrogen-bond acceptors (Lipinski definition) is 2. The molecule has 74 valence electrons. The second-order valence-electron chi connectivity index (χ2n) is 2.82. The highest BCUT2D eigenvalue weighted by molar-refractivity contribution is 9.10. The van der Waals surface area contributed by atoms with Crippen LogP contribution in [0.15, 0.2) is 22.9 Å². The fraction of sp³-hybridized carbons (Fsp3) is 0.222. The predicted octanol–water partition coefficient (Wildman–Crippen LogP) is 3.00. The Morgan fingerprint density at radius 3 is 3.00 bits per heavy atom. The Morgan fingerprint density at radius 2 is 2.36 bits per heavy atom. The number of alkyl halides is 1. The van der Waals surface area contributed by atoms with Crippen LogP contribution in [0, 0.1) is 0 Å². The highest BCUT2D eigenvalue weighted by atomic mass is 79.9. The van der Waals surface area contributed by atoms with Gasteiger partial charge in [0.15, 0.2) is 0 Å². The molecule has 2 rings (SSSR count). The Hall–Kier alpha value is -0.550. The van der Waals surface area contributed by atoms with Crippen LogP contribution in [0.1, 0.15) is 5.56 Å². The Bertz CT molecular complexity index is 467. The number of halogens is 2. The number of pyridine rings is 1. The summed E-state index contributed by atoms with van der Waals surface area (Å²) in [5.74, 6) is 0.786. The van der Waals surface area contributed by atoms with Crippen molar-refractivity contribution in [2.75, 3.05) is 7.11 Å². The van der Waals surface area contributed by atoms with Crippen molar-refractivity contribution < 1.29 is 4.74 Å². The summed E-state index contributed by atoms with van der Waals surface area (Å²) >= 11 is 6.92. The smallest absolute Gasteiger partial charge is 0.138 e. The molecule has 0 aliphatic rings. The molecular formula is C9H8Br2N2O. The third-order valence-corrected chi connectivity index (χ3v) is 3.20. The quantitative estimate of drug-likeness (QED) is 0.795. The van der Waals surface area contributed by atoms with E-state index in [9.17, 15) is 0 Å². The summed E-state index contributed by atoms with van der Waals surface area (Å²) in [4.78, 5) is 0. The van der Waals surface area contributed by atoms with E-state index < -0.39 is 0 Å². The van der Waals surface area contributed by atoms with Crippen molar-refractivity contribution in [2.24, 2.45) is 0 Å². The molecule has 0 fully saturated rings. The Kier molecular flexibility index (Phi) is 2.78. The third kappa shape index (κ3) is 1.54. The van der Waals surface area contributed by atoms with Gasteiger partial charge in [-0.05, 0) is 22.0 Å². The molecule has 5 heteroatoms. The van der Waals surface area contributed by atoms with Gasteiger partial charge in [0, 0.05) is 15.4 Å². The van der Waals surface area contributed by atoms with Gasteiger partial charge in [-0.1, -0.05) is 15.9 Å². The molecule has 0 bridgehead atoms. The van der Waals surface area contributed by atoms with E-state index in [4.69, 9.17) is 4.74 Å². The molecule has 0 aliphatic heterocycles. The molecule has 0 spiro atoms. The highest BCUT2D eigenvalue weighted by Crippen LogP contribution is 2.27. The van der Waals surface area contributed by atoms with E-state index in [1.165, 1.54) is 0 Å². The number of nitrogens with zero attached hydrogens (tertiary/aromatic N) is 2. The van der Waals surface area contributed by atoms with Gasteiger partial charge in [-0.15, -0.1) is 0 Å². The van der Waals surface area contributed by atoms with Crippen molar-refractivity contribution in [3.63, 3.8) is 0 Å². The first-order valence-corrected chi connectivity index (χ1v) is 5.93. The Balaban J connectivity index is 2.72. The number of methoxy groups -OCH3 is 1. The van der Waals surface area contributed by atoms with Gasteiger partial charge in [-0.25, -0.2) is 4.52 Å². The van der Waals surface area contributed by atoms with Crippen LogP contribution in [-0.2, 0) is 5.33 Å². The number of hydrogen-bond donors (Lipinski definition) is 0. The molecule has 0 aromatic carbocycles. The van der Waals surface area contributed by atoms with Gasteiger partial charge in [0.2, 0.25) is 0 Å². The molecule has 2 aromatic rings. The van der Waals surface area contributed by atoms with Crippen molar-refractivity contribution >= 4 is 37.4 Å². The molecule has 0 N–H and O–H groups in total. The minimum atomic E-state index is 0.786. The molecule has 0 saturated heterocycles. The first-order chi connectivity index (χ1) is 6.76. The van der Waals surface area contributed by atoms with Crippen LogP contribution >= 0.6 is 31.9 Å². The lowest BCUT2D eigenvalue weighted by molar-refractivity contribution is 0.411. The zero-order chi connectivity index (χ0) is 10.1. The van der Waals surface area contributed by atoms with E-state index in [1.807, 2.05) is 18.5 Å². The van der Waals surface area contributed by atoms with Crippen molar-refractivity contribution in [1.82, 2.24) is 9.61 Å². The van der Waals surface area contributed by atoms with E-state index >= 15 is 0 Å². The second-order valence-corrected chi connectivity index (χ2v) is 4.24. The molecular weight excluding hydrogens is 312 g/mol. The number of aromatic nitrogens is 2. The van der Waals surface area contributed by atoms with Crippen LogP contribution in [0.4, 0.5) is 0 Å². The minimum absolute atomic E-state index is 0.786. The maximum absolute atomic E-state index is 5.14. The van der Waals surface area contributed by atoms with Gasteiger partial charge < -0.3 is 4.74 Å². The second kappa shape index (κ2) is 3.90. The summed E-state index contributed by atoms with van der Waals surface area (Å²) in [5.41, 5.74) is 2.22. The van der Waals surface area contributed by atoms with Gasteiger partial charge in [-0.2, -0.15) is 5.10 Å². The summed E-state index contributed by atoms with van der Waals surface area (Å²) in [6, 6.07) is 1.93. The summed E-state index contributed by atoms with van der Waals surface area (Å²) in [6.45, 7) is 0. The van der Waals surface area contributed by atoms with Crippen LogP contribution in [-0.4, -0.2) is 16.7 Å². The number of rotatable bonds is 2. The molecule has 0 amide bonds. The van der Waals surface area contributed by atoms with Gasteiger partial charge in [0.25, 0.3) is 0 Å². The molecule has 14 heavy (non-hydrogen) atoms. The molecule has 0 aliphatic carbocycles. The lowest BCUT2D eigenvalue weighted by atomic mass is 10.3. The van der Waals surface area contributed by atoms with Crippen molar-refractivity contribution in [3.8, 4) is 5.75 Å². The fourth-order valence-electron chi connectivity index (χ4n) is 1.32. The highest BCUT2D eigenvalue weighted by Gasteiger charge is 2.08. The van der Waals surface area contributed by atoms with Gasteiger partial charge >= 0.3 is 0 Å². The average molecular weight is 320 g/mol. The van der Waals surface area contributed by atoms with Crippen LogP contribution in [0.2, 0.25) is 0 Å². The molecule has 0 atom stereocenters. The molecule has 2 aromatic heterocycles. The van der Waals surface area contributed by atoms with Crippen LogP contribution < -0.4 is 4.74 Å². The first kappa shape index (κ1) is 9.98. The average Bonchev–Trinajstić information content (AvgIpc) is 2.61. The SMILES string of the molecule is COc1cc(Br)c2c(CBr)cnn2c1. The number of fused-ring (bicyclic) bond motifs is 1. The largest absolute Gasteiger partial charge is 0.495 e. The van der Waals surface area contributed by atoms with Crippen LogP contribution in [0.5, 0.6) is 5.75 Å². The molecule has 0 unspecified atom stereocenters. The zero-order valence-electron chi connectivity index (χ0n) is 7.50. The van der Waals surface area contributed by atoms with Gasteiger partial charge in [0.1, 0.15) is 5.75 Å². The lowest BCUT2D eigenvalue weighted by Crippen LogP contribution is -1.91. The van der Waals surface area contributed by atoms with Crippen molar-refractivity contribution in [1.29, 1.82) is 0 Å². The molecule has 2 heterocycles. The third-order valence-electron chi connectivity index (χ3n) is 2.00. The topological polar surface area (TPSA) is 26.5 Å². The standard InChI is InChI=1S/C9H8Br2N2O/c1-14-7-2-8(11)9-6(3-10)4-12-13(9)5-7/h2,4-5H,3H2,1H3. The van der Waals surface area contributed by atoms with Crippen molar-refractivity contribution in [3.05, 3.63) is 28.5 Å². The summed E-state index contributed by atoms with van der Waals surface area (Å²) in [7, 11) is 1.64. The van der Waals surface area contributed by atoms with E-state index in [1.54, 1.807) is 11.6 Å². The van der Waals surface area contributed by atoms with E-state index in [0.29, 0.717) is 0 Å². The van der Waals surface area contributed by atoms with Gasteiger partial charge in [0.05, 0.1) is 25.0 Å². The summed E-state index contributed by atoms with van der Waals surface area (Å²) in [6.07, 6.45) is 3.69. The lowest BCUT2D eigenvalue weighted by Gasteiger charge is -2.03. The van der Waals surface area contributed by atoms with E-state index in [2.05, 4.69) is 37.0 Å². The Morgan fingerprint density at radius 1 is 1.57 bits per heavy atom. The minimum Gasteiger partial charge on any atom is -0.495 e. The monoisotopic (exact) mass is 318 g/mol. The maximum Gasteiger partial charge on any atom is 0.138 e. The first-order valence-electron chi connectivity index (χ1n) is 4.02. The van der Waals surface area contributed by atoms with E-state index in [-0.39, 0.29) is 0 Å². The molecule has 0 radical (unpaired) electrons. The molecule has 3 nitrogen and oxygen atoms in total. The number of ether oxygens (including phenoxy) is 1. The zero-order valence-corrected chi connectivity index (χ0v) is 10.7. The van der Waals surface area contributed by atoms with E-state index in [0.717, 1.165) is 26.6 Å². The fourth-order valence-corrected chi connectivity index (χ4v) is 2.39. The van der Waals surface area contributed by atoms with Crippen LogP contribution in [0.3, 0.4) is 0 Å². The molecule has 0 saturated carbocycles. The summed E-state index contributed by atoms with van der Waals surface area (Å²) < 4.78 is 7.94. The summed E-state index contributed by atoms with van der Waals surface area (Å²) in [5, 5.41) is 5.03. The normalized spacial score (nSPS) is 10.8. The predicted molar refractivity (Wildman–Crippen MR) is 62.1 cm³/mol. The Labute approximate surface area is 98.3 Å². The van der Waals surface area contributed by atoms with Crippen molar-refractivity contribution in [2.45, 2.75) is 5.33 Å². The maximum atomic E-state index is 5.14. The van der Waals surface area contributed by atoms with Gasteiger partial charge in [-0.3, -0.25) is 0 Å².